The zero-order valence-corrected chi connectivity index (χ0v) is 18.6. The number of phenolic OH excluding ortho intramolecular Hbond substituents is 1. The minimum absolute atomic E-state index is 0.0126. The van der Waals surface area contributed by atoms with Gasteiger partial charge in [-0.1, -0.05) is 30.3 Å². The Morgan fingerprint density at radius 1 is 0.848 bits per heavy atom. The number of methoxy groups -OCH3 is 2. The number of hydrogen-bond acceptors (Lipinski definition) is 6. The van der Waals surface area contributed by atoms with Gasteiger partial charge in [-0.15, -0.1) is 0 Å². The fraction of sp³-hybridized carbons (Fsp3) is 0.222. The second-order valence-electron chi connectivity index (χ2n) is 8.38. The molecule has 2 aliphatic rings. The van der Waals surface area contributed by atoms with Gasteiger partial charge in [0.15, 0.2) is 17.3 Å². The van der Waals surface area contributed by atoms with Gasteiger partial charge < -0.3 is 25.2 Å². The van der Waals surface area contributed by atoms with E-state index in [4.69, 9.17) is 9.47 Å². The van der Waals surface area contributed by atoms with Gasteiger partial charge in [-0.3, -0.25) is 4.79 Å². The van der Waals surface area contributed by atoms with Crippen molar-refractivity contribution in [3.63, 3.8) is 0 Å². The number of carbonyl (C=O) groups is 1. The van der Waals surface area contributed by atoms with Crippen LogP contribution in [0.4, 0.5) is 11.4 Å². The molecule has 6 nitrogen and oxygen atoms in total. The van der Waals surface area contributed by atoms with E-state index in [1.807, 2.05) is 48.5 Å². The molecule has 3 N–H and O–H groups in total. The average Bonchev–Trinajstić information content (AvgIpc) is 3.00. The first kappa shape index (κ1) is 20.9. The summed E-state index contributed by atoms with van der Waals surface area (Å²) < 4.78 is 10.9. The van der Waals surface area contributed by atoms with Crippen LogP contribution in [-0.2, 0) is 4.79 Å². The number of phenols is 1. The van der Waals surface area contributed by atoms with Crippen molar-refractivity contribution in [2.75, 3.05) is 24.9 Å². The van der Waals surface area contributed by atoms with Crippen molar-refractivity contribution < 1.29 is 19.4 Å². The number of fused-ring (bicyclic) bond motifs is 1. The number of carbonyl (C=O) groups excluding carboxylic acids is 1. The SMILES string of the molecule is COc1ccc([C@@H]2CC(=O)C3=C(C2)Nc2ccccc2N[C@@H]3c2cccc(O)c2)cc1OC. The Morgan fingerprint density at radius 3 is 2.39 bits per heavy atom. The van der Waals surface area contributed by atoms with Crippen LogP contribution in [-0.4, -0.2) is 25.1 Å². The number of hydrogen-bond donors (Lipinski definition) is 3. The zero-order chi connectivity index (χ0) is 22.9. The van der Waals surface area contributed by atoms with Gasteiger partial charge in [-0.25, -0.2) is 0 Å². The largest absolute Gasteiger partial charge is 0.508 e. The van der Waals surface area contributed by atoms with Gasteiger partial charge in [0.1, 0.15) is 5.75 Å². The minimum atomic E-state index is -0.359. The van der Waals surface area contributed by atoms with Crippen LogP contribution in [0.3, 0.4) is 0 Å². The lowest BCUT2D eigenvalue weighted by atomic mass is 9.78. The lowest BCUT2D eigenvalue weighted by Crippen LogP contribution is -2.26. The van der Waals surface area contributed by atoms with Crippen LogP contribution in [0.15, 0.2) is 78.0 Å². The topological polar surface area (TPSA) is 79.8 Å². The number of nitrogens with one attached hydrogen (secondary N) is 2. The van der Waals surface area contributed by atoms with E-state index >= 15 is 0 Å². The number of benzene rings is 3. The molecule has 2 atom stereocenters. The monoisotopic (exact) mass is 442 g/mol. The number of Topliss-reactive ketones (excluding diaryl/α,β-unsaturated/α-hetero) is 1. The molecule has 0 aromatic heterocycles. The van der Waals surface area contributed by atoms with Crippen molar-refractivity contribution in [2.24, 2.45) is 0 Å². The van der Waals surface area contributed by atoms with Gasteiger partial charge >= 0.3 is 0 Å². The van der Waals surface area contributed by atoms with Gasteiger partial charge in [0, 0.05) is 17.7 Å². The van der Waals surface area contributed by atoms with Gasteiger partial charge in [0.25, 0.3) is 0 Å². The highest BCUT2D eigenvalue weighted by atomic mass is 16.5. The van der Waals surface area contributed by atoms with Gasteiger partial charge in [-0.2, -0.15) is 0 Å². The summed E-state index contributed by atoms with van der Waals surface area (Å²) in [7, 11) is 3.23. The molecule has 168 valence electrons. The summed E-state index contributed by atoms with van der Waals surface area (Å²) in [4.78, 5) is 13.6. The molecule has 33 heavy (non-hydrogen) atoms. The summed E-state index contributed by atoms with van der Waals surface area (Å²) in [5.41, 5.74) is 5.34. The Bertz CT molecular complexity index is 1250. The number of para-hydroxylation sites is 2. The van der Waals surface area contributed by atoms with Gasteiger partial charge in [0.2, 0.25) is 0 Å². The predicted octanol–water partition coefficient (Wildman–Crippen LogP) is 5.39. The number of anilines is 2. The third-order valence-corrected chi connectivity index (χ3v) is 6.39. The molecule has 5 rings (SSSR count). The minimum Gasteiger partial charge on any atom is -0.508 e. The second-order valence-corrected chi connectivity index (χ2v) is 8.38. The lowest BCUT2D eigenvalue weighted by molar-refractivity contribution is -0.116. The lowest BCUT2D eigenvalue weighted by Gasteiger charge is -2.30. The number of allylic oxidation sites excluding steroid dienone is 1. The van der Waals surface area contributed by atoms with E-state index in [1.54, 1.807) is 32.4 Å². The van der Waals surface area contributed by atoms with Crippen molar-refractivity contribution in [1.29, 1.82) is 0 Å². The summed E-state index contributed by atoms with van der Waals surface area (Å²) >= 11 is 0. The van der Waals surface area contributed by atoms with E-state index in [9.17, 15) is 9.90 Å². The van der Waals surface area contributed by atoms with Crippen LogP contribution in [0.5, 0.6) is 17.2 Å². The highest BCUT2D eigenvalue weighted by molar-refractivity contribution is 6.01. The molecule has 0 saturated heterocycles. The molecule has 3 aromatic rings. The van der Waals surface area contributed by atoms with Crippen molar-refractivity contribution in [3.8, 4) is 17.2 Å². The van der Waals surface area contributed by atoms with Crippen molar-refractivity contribution in [2.45, 2.75) is 24.8 Å². The number of rotatable bonds is 4. The first-order chi connectivity index (χ1) is 16.1. The molecular weight excluding hydrogens is 416 g/mol. The molecule has 0 saturated carbocycles. The molecule has 0 unspecified atom stereocenters. The Labute approximate surface area is 192 Å². The van der Waals surface area contributed by atoms with Crippen LogP contribution >= 0.6 is 0 Å². The fourth-order valence-corrected chi connectivity index (χ4v) is 4.79. The fourth-order valence-electron chi connectivity index (χ4n) is 4.79. The van der Waals surface area contributed by atoms with Gasteiger partial charge in [0.05, 0.1) is 31.6 Å². The molecule has 6 heteroatoms. The van der Waals surface area contributed by atoms with Crippen LogP contribution in [0.2, 0.25) is 0 Å². The first-order valence-electron chi connectivity index (χ1n) is 11.0. The van der Waals surface area contributed by atoms with Crippen molar-refractivity contribution in [3.05, 3.63) is 89.1 Å². The van der Waals surface area contributed by atoms with Crippen LogP contribution < -0.4 is 20.1 Å². The van der Waals surface area contributed by atoms with E-state index < -0.39 is 0 Å². The Morgan fingerprint density at radius 2 is 1.64 bits per heavy atom. The summed E-state index contributed by atoms with van der Waals surface area (Å²) in [5.74, 6) is 1.59. The quantitative estimate of drug-likeness (QED) is 0.503. The average molecular weight is 443 g/mol. The molecule has 0 radical (unpaired) electrons. The molecule has 1 aliphatic heterocycles. The number of aromatic hydroxyl groups is 1. The van der Waals surface area contributed by atoms with E-state index in [0.717, 1.165) is 28.2 Å². The van der Waals surface area contributed by atoms with Crippen LogP contribution in [0, 0.1) is 0 Å². The maximum Gasteiger partial charge on any atom is 0.163 e. The number of ether oxygens (including phenoxy) is 2. The molecular formula is C27H26N2O4. The van der Waals surface area contributed by atoms with Crippen molar-refractivity contribution in [1.82, 2.24) is 0 Å². The van der Waals surface area contributed by atoms with E-state index in [1.165, 1.54) is 0 Å². The molecule has 0 bridgehead atoms. The second kappa shape index (κ2) is 8.54. The van der Waals surface area contributed by atoms with Crippen LogP contribution in [0.25, 0.3) is 0 Å². The van der Waals surface area contributed by atoms with E-state index in [-0.39, 0.29) is 23.5 Å². The summed E-state index contributed by atoms with van der Waals surface area (Å²) in [6, 6.07) is 20.5. The van der Waals surface area contributed by atoms with Crippen molar-refractivity contribution >= 4 is 17.2 Å². The third-order valence-electron chi connectivity index (χ3n) is 6.39. The summed E-state index contributed by atoms with van der Waals surface area (Å²) in [6.07, 6.45) is 1.07. The molecule has 0 spiro atoms. The Kier molecular flexibility index (Phi) is 5.42. The smallest absolute Gasteiger partial charge is 0.163 e. The van der Waals surface area contributed by atoms with Gasteiger partial charge in [-0.05, 0) is 59.9 Å². The normalized spacial score (nSPS) is 19.5. The van der Waals surface area contributed by atoms with E-state index in [0.29, 0.717) is 29.9 Å². The summed E-state index contributed by atoms with van der Waals surface area (Å²) in [5, 5.41) is 17.2. The standard InChI is InChI=1S/C27H26N2O4/c1-32-24-11-10-16(15-25(24)33-2)18-13-22-26(23(31)14-18)27(17-6-5-7-19(30)12-17)29-21-9-4-3-8-20(21)28-22/h3-12,15,18,27-30H,13-14H2,1-2H3/t18-,27+/m0/s1. The van der Waals surface area contributed by atoms with Crippen LogP contribution in [0.1, 0.15) is 35.9 Å². The molecule has 1 heterocycles. The summed E-state index contributed by atoms with van der Waals surface area (Å²) in [6.45, 7) is 0. The molecule has 1 aliphatic carbocycles. The third kappa shape index (κ3) is 3.89. The highest BCUT2D eigenvalue weighted by Crippen LogP contribution is 2.45. The predicted molar refractivity (Wildman–Crippen MR) is 128 cm³/mol. The molecule has 0 amide bonds. The molecule has 3 aromatic carbocycles. The Balaban J connectivity index is 1.58. The highest BCUT2D eigenvalue weighted by Gasteiger charge is 2.36. The zero-order valence-electron chi connectivity index (χ0n) is 18.6. The molecule has 0 fully saturated rings. The first-order valence-corrected chi connectivity index (χ1v) is 11.0. The maximum absolute atomic E-state index is 13.6. The van der Waals surface area contributed by atoms with E-state index in [2.05, 4.69) is 10.6 Å². The Hall–Kier alpha value is -3.93. The number of ketones is 1. The maximum atomic E-state index is 13.6.